The van der Waals surface area contributed by atoms with Gasteiger partial charge in [-0.1, -0.05) is 30.4 Å². The number of esters is 1. The number of fused-ring (bicyclic) bond motifs is 1. The van der Waals surface area contributed by atoms with E-state index in [0.29, 0.717) is 22.4 Å². The summed E-state index contributed by atoms with van der Waals surface area (Å²) in [5.74, 6) is 0.632. The van der Waals surface area contributed by atoms with Crippen molar-refractivity contribution in [1.29, 1.82) is 0 Å². The van der Waals surface area contributed by atoms with Crippen molar-refractivity contribution in [2.24, 2.45) is 0 Å². The normalized spacial score (nSPS) is 12.1. The van der Waals surface area contributed by atoms with Gasteiger partial charge < -0.3 is 19.2 Å². The van der Waals surface area contributed by atoms with Gasteiger partial charge in [0.25, 0.3) is 5.56 Å². The van der Waals surface area contributed by atoms with Crippen molar-refractivity contribution in [2.75, 3.05) is 13.7 Å². The number of aromatic amines is 1. The van der Waals surface area contributed by atoms with Crippen molar-refractivity contribution >= 4 is 22.9 Å². The number of para-hydroxylation sites is 1. The van der Waals surface area contributed by atoms with Crippen LogP contribution in [0, 0.1) is 0 Å². The molecule has 150 valence electrons. The summed E-state index contributed by atoms with van der Waals surface area (Å²) in [6.45, 7) is 3.25. The molecular weight excluding hydrogens is 372 g/mol. The zero-order chi connectivity index (χ0) is 20.8. The minimum absolute atomic E-state index is 0.273. The van der Waals surface area contributed by atoms with E-state index in [0.717, 1.165) is 5.56 Å². The summed E-state index contributed by atoms with van der Waals surface area (Å²) in [6.07, 6.45) is 3.11. The molecule has 1 atom stereocenters. The Labute approximate surface area is 168 Å². The highest BCUT2D eigenvalue weighted by atomic mass is 16.6. The van der Waals surface area contributed by atoms with Crippen LogP contribution in [0.15, 0.2) is 53.3 Å². The Hall–Kier alpha value is -3.61. The summed E-state index contributed by atoms with van der Waals surface area (Å²) in [4.78, 5) is 31.4. The van der Waals surface area contributed by atoms with Crippen LogP contribution < -0.4 is 15.0 Å². The second-order valence-electron chi connectivity index (χ2n) is 6.30. The zero-order valence-electron chi connectivity index (χ0n) is 16.5. The summed E-state index contributed by atoms with van der Waals surface area (Å²) < 4.78 is 16.2. The van der Waals surface area contributed by atoms with Crippen LogP contribution in [0.2, 0.25) is 0 Å². The molecular formula is C22H22N2O5. The van der Waals surface area contributed by atoms with Crippen LogP contribution in [-0.2, 0) is 9.53 Å². The fraction of sp³-hybridized carbons (Fsp3) is 0.227. The first-order valence-electron chi connectivity index (χ1n) is 9.13. The van der Waals surface area contributed by atoms with Gasteiger partial charge in [-0.2, -0.15) is 0 Å². The predicted octanol–water partition coefficient (Wildman–Crippen LogP) is 3.65. The van der Waals surface area contributed by atoms with Crippen LogP contribution in [0.4, 0.5) is 0 Å². The van der Waals surface area contributed by atoms with Gasteiger partial charge in [-0.15, -0.1) is 0 Å². The molecule has 0 bridgehead atoms. The molecule has 3 aromatic rings. The third-order valence-electron chi connectivity index (χ3n) is 4.22. The van der Waals surface area contributed by atoms with Crippen molar-refractivity contribution < 1.29 is 19.0 Å². The van der Waals surface area contributed by atoms with E-state index in [1.807, 2.05) is 31.2 Å². The number of methoxy groups -OCH3 is 1. The maximum atomic E-state index is 12.2. The molecule has 0 radical (unpaired) electrons. The van der Waals surface area contributed by atoms with Crippen LogP contribution in [0.3, 0.4) is 0 Å². The molecule has 0 saturated heterocycles. The number of nitrogens with zero attached hydrogens (tertiary/aromatic N) is 1. The number of aromatic nitrogens is 2. The molecule has 0 amide bonds. The summed E-state index contributed by atoms with van der Waals surface area (Å²) in [6, 6.07) is 12.4. The van der Waals surface area contributed by atoms with E-state index in [9.17, 15) is 9.59 Å². The highest BCUT2D eigenvalue weighted by Gasteiger charge is 2.17. The number of carbonyl (C=O) groups is 1. The SMILES string of the molecule is C/C=C/c1ccc(OCC(=O)O[C@@H](C)c2nc3ccccc3c(=O)[nH]2)c(OC)c1. The molecule has 0 spiro atoms. The summed E-state index contributed by atoms with van der Waals surface area (Å²) >= 11 is 0. The van der Waals surface area contributed by atoms with E-state index in [1.54, 1.807) is 37.3 Å². The molecule has 0 fully saturated rings. The first kappa shape index (κ1) is 20.1. The van der Waals surface area contributed by atoms with E-state index in [2.05, 4.69) is 9.97 Å². The molecule has 1 aromatic heterocycles. The molecule has 2 aromatic carbocycles. The van der Waals surface area contributed by atoms with Gasteiger partial charge in [0.2, 0.25) is 0 Å². The van der Waals surface area contributed by atoms with Gasteiger partial charge in [0.1, 0.15) is 0 Å². The van der Waals surface area contributed by atoms with E-state index >= 15 is 0 Å². The molecule has 0 aliphatic rings. The maximum Gasteiger partial charge on any atom is 0.344 e. The Morgan fingerprint density at radius 1 is 1.21 bits per heavy atom. The minimum Gasteiger partial charge on any atom is -0.493 e. The van der Waals surface area contributed by atoms with Gasteiger partial charge in [0, 0.05) is 0 Å². The van der Waals surface area contributed by atoms with E-state index in [-0.39, 0.29) is 18.0 Å². The Kier molecular flexibility index (Phi) is 6.29. The molecule has 29 heavy (non-hydrogen) atoms. The Balaban J connectivity index is 1.66. The van der Waals surface area contributed by atoms with Crippen LogP contribution in [-0.4, -0.2) is 29.7 Å². The van der Waals surface area contributed by atoms with Gasteiger partial charge in [0.05, 0.1) is 18.0 Å². The number of carbonyl (C=O) groups excluding carboxylic acids is 1. The number of rotatable bonds is 7. The number of allylic oxidation sites excluding steroid dienone is 1. The maximum absolute atomic E-state index is 12.2. The van der Waals surface area contributed by atoms with Crippen molar-refractivity contribution in [3.63, 3.8) is 0 Å². The fourth-order valence-electron chi connectivity index (χ4n) is 2.82. The van der Waals surface area contributed by atoms with Crippen molar-refractivity contribution in [1.82, 2.24) is 9.97 Å². The highest BCUT2D eigenvalue weighted by molar-refractivity contribution is 5.77. The molecule has 3 rings (SSSR count). The van der Waals surface area contributed by atoms with Gasteiger partial charge in [0.15, 0.2) is 30.0 Å². The van der Waals surface area contributed by atoms with E-state index in [1.165, 1.54) is 7.11 Å². The molecule has 0 aliphatic carbocycles. The number of hydrogen-bond donors (Lipinski definition) is 1. The van der Waals surface area contributed by atoms with Gasteiger partial charge >= 0.3 is 5.97 Å². The molecule has 0 aliphatic heterocycles. The number of ether oxygens (including phenoxy) is 3. The van der Waals surface area contributed by atoms with Crippen LogP contribution in [0.1, 0.15) is 31.3 Å². The molecule has 0 saturated carbocycles. The molecule has 7 nitrogen and oxygen atoms in total. The summed E-state index contributed by atoms with van der Waals surface area (Å²) in [5, 5.41) is 0.478. The van der Waals surface area contributed by atoms with Crippen LogP contribution >= 0.6 is 0 Å². The minimum atomic E-state index is -0.734. The lowest BCUT2D eigenvalue weighted by molar-refractivity contribution is -0.151. The summed E-state index contributed by atoms with van der Waals surface area (Å²) in [5.41, 5.74) is 1.21. The third-order valence-corrected chi connectivity index (χ3v) is 4.22. The highest BCUT2D eigenvalue weighted by Crippen LogP contribution is 2.28. The lowest BCUT2D eigenvalue weighted by Gasteiger charge is -2.14. The van der Waals surface area contributed by atoms with Crippen LogP contribution in [0.25, 0.3) is 17.0 Å². The summed E-state index contributed by atoms with van der Waals surface area (Å²) in [7, 11) is 1.53. The van der Waals surface area contributed by atoms with Gasteiger partial charge in [-0.3, -0.25) is 4.79 Å². The van der Waals surface area contributed by atoms with Gasteiger partial charge in [-0.25, -0.2) is 9.78 Å². The van der Waals surface area contributed by atoms with E-state index in [4.69, 9.17) is 14.2 Å². The monoisotopic (exact) mass is 394 g/mol. The first-order chi connectivity index (χ1) is 14.0. The second kappa shape index (κ2) is 9.05. The second-order valence-corrected chi connectivity index (χ2v) is 6.30. The molecule has 1 N–H and O–H groups in total. The zero-order valence-corrected chi connectivity index (χ0v) is 16.5. The fourth-order valence-corrected chi connectivity index (χ4v) is 2.82. The third kappa shape index (κ3) is 4.82. The number of benzene rings is 2. The number of H-pyrrole nitrogens is 1. The van der Waals surface area contributed by atoms with E-state index < -0.39 is 12.1 Å². The number of nitrogens with one attached hydrogen (secondary N) is 1. The topological polar surface area (TPSA) is 90.5 Å². The average molecular weight is 394 g/mol. The molecule has 0 unspecified atom stereocenters. The van der Waals surface area contributed by atoms with Crippen LogP contribution in [0.5, 0.6) is 11.5 Å². The largest absolute Gasteiger partial charge is 0.493 e. The van der Waals surface area contributed by atoms with Gasteiger partial charge in [-0.05, 0) is 43.7 Å². The Bertz CT molecular complexity index is 1100. The average Bonchev–Trinajstić information content (AvgIpc) is 2.72. The smallest absolute Gasteiger partial charge is 0.344 e. The molecule has 1 heterocycles. The quantitative estimate of drug-likeness (QED) is 0.615. The van der Waals surface area contributed by atoms with Crippen molar-refractivity contribution in [3.8, 4) is 11.5 Å². The van der Waals surface area contributed by atoms with Crippen molar-refractivity contribution in [2.45, 2.75) is 20.0 Å². The lowest BCUT2D eigenvalue weighted by atomic mass is 10.2. The predicted molar refractivity (Wildman–Crippen MR) is 110 cm³/mol. The molecule has 7 heteroatoms. The van der Waals surface area contributed by atoms with Crippen molar-refractivity contribution in [3.05, 3.63) is 70.3 Å². The standard InChI is InChI=1S/C22H22N2O5/c1-4-7-15-10-11-18(19(12-15)27-3)28-13-20(25)29-14(2)21-23-17-9-6-5-8-16(17)22(26)24-21/h4-12,14H,13H2,1-3H3,(H,23,24,26)/b7-4+/t14-/m0/s1. The number of hydrogen-bond acceptors (Lipinski definition) is 6. The first-order valence-corrected chi connectivity index (χ1v) is 9.13. The lowest BCUT2D eigenvalue weighted by Crippen LogP contribution is -2.20. The Morgan fingerprint density at radius 3 is 2.76 bits per heavy atom. The Morgan fingerprint density at radius 2 is 2.00 bits per heavy atom.